The number of nitro groups is 1. The summed E-state index contributed by atoms with van der Waals surface area (Å²) in [5.41, 5.74) is 0.885. The van der Waals surface area contributed by atoms with Crippen LogP contribution in [0.4, 0.5) is 16.2 Å². The Hall–Kier alpha value is -4.15. The number of ether oxygens (including phenoxy) is 2. The first-order valence-corrected chi connectivity index (χ1v) is 10.6. The Balaban J connectivity index is 1.55. The molecule has 178 valence electrons. The predicted molar refractivity (Wildman–Crippen MR) is 121 cm³/mol. The third-order valence-corrected chi connectivity index (χ3v) is 6.24. The van der Waals surface area contributed by atoms with Gasteiger partial charge in [0.15, 0.2) is 5.75 Å². The van der Waals surface area contributed by atoms with Crippen LogP contribution in [0.15, 0.2) is 30.3 Å². The zero-order valence-electron chi connectivity index (χ0n) is 19.0. The number of nitrogens with zero attached hydrogens (tertiary/aromatic N) is 2. The van der Waals surface area contributed by atoms with E-state index < -0.39 is 34.9 Å². The molecule has 1 saturated heterocycles. The smallest absolute Gasteiger partial charge is 0.325 e. The number of hydrogen-bond donors (Lipinski definition) is 2. The summed E-state index contributed by atoms with van der Waals surface area (Å²) < 4.78 is 10.3. The van der Waals surface area contributed by atoms with E-state index in [4.69, 9.17) is 9.47 Å². The highest BCUT2D eigenvalue weighted by Gasteiger charge is 2.54. The van der Waals surface area contributed by atoms with Gasteiger partial charge in [0, 0.05) is 17.8 Å². The summed E-state index contributed by atoms with van der Waals surface area (Å²) in [6.45, 7) is 1.09. The molecule has 1 heterocycles. The number of imide groups is 1. The number of nitrogens with one attached hydrogen (secondary N) is 2. The molecule has 11 heteroatoms. The standard InChI is InChI=1S/C23H24N4O7/c1-13-9-18(27(31)32)19(34-3)11-17(13)24-20(28)12-26-21(29)23(25-22(26)30)8-4-5-14-10-15(33-2)6-7-16(14)23/h6-7,9-11H,4-5,8,12H2,1-3H3,(H,24,28)(H,25,30)/t23-/m0/s1. The highest BCUT2D eigenvalue weighted by Crippen LogP contribution is 2.41. The number of carbonyl (C=O) groups excluding carboxylic acids is 3. The van der Waals surface area contributed by atoms with E-state index in [0.717, 1.165) is 16.9 Å². The molecular formula is C23H24N4O7. The zero-order valence-corrected chi connectivity index (χ0v) is 19.0. The molecule has 2 aliphatic rings. The van der Waals surface area contributed by atoms with Crippen molar-refractivity contribution in [3.63, 3.8) is 0 Å². The average molecular weight is 468 g/mol. The maximum Gasteiger partial charge on any atom is 0.325 e. The van der Waals surface area contributed by atoms with Crippen LogP contribution in [0.5, 0.6) is 11.5 Å². The van der Waals surface area contributed by atoms with E-state index in [2.05, 4.69) is 10.6 Å². The van der Waals surface area contributed by atoms with Crippen LogP contribution < -0.4 is 20.1 Å². The van der Waals surface area contributed by atoms with Gasteiger partial charge in [-0.3, -0.25) is 24.6 Å². The van der Waals surface area contributed by atoms with E-state index in [1.54, 1.807) is 26.2 Å². The van der Waals surface area contributed by atoms with Crippen LogP contribution in [-0.2, 0) is 21.5 Å². The second-order valence-corrected chi connectivity index (χ2v) is 8.25. The molecule has 34 heavy (non-hydrogen) atoms. The number of aryl methyl sites for hydroxylation is 2. The summed E-state index contributed by atoms with van der Waals surface area (Å²) in [6.07, 6.45) is 1.86. The van der Waals surface area contributed by atoms with E-state index in [0.29, 0.717) is 29.7 Å². The number of nitro benzene ring substituents is 1. The highest BCUT2D eigenvalue weighted by atomic mass is 16.6. The zero-order chi connectivity index (χ0) is 24.6. The fourth-order valence-corrected chi connectivity index (χ4v) is 4.57. The molecule has 4 rings (SSSR count). The number of methoxy groups -OCH3 is 2. The maximum atomic E-state index is 13.4. The number of rotatable bonds is 6. The third-order valence-electron chi connectivity index (χ3n) is 6.24. The van der Waals surface area contributed by atoms with Gasteiger partial charge in [-0.1, -0.05) is 6.07 Å². The van der Waals surface area contributed by atoms with Gasteiger partial charge in [0.05, 0.1) is 19.1 Å². The molecule has 4 amide bonds. The van der Waals surface area contributed by atoms with Crippen LogP contribution in [0.25, 0.3) is 0 Å². The molecule has 0 bridgehead atoms. The Labute approximate surface area is 195 Å². The number of benzene rings is 2. The molecule has 2 N–H and O–H groups in total. The van der Waals surface area contributed by atoms with Crippen molar-refractivity contribution in [1.82, 2.24) is 10.2 Å². The molecule has 2 aromatic rings. The lowest BCUT2D eigenvalue weighted by Crippen LogP contribution is -2.47. The molecule has 1 fully saturated rings. The molecular weight excluding hydrogens is 444 g/mol. The van der Waals surface area contributed by atoms with Gasteiger partial charge in [-0.05, 0) is 55.0 Å². The van der Waals surface area contributed by atoms with Crippen molar-refractivity contribution in [2.75, 3.05) is 26.1 Å². The lowest BCUT2D eigenvalue weighted by molar-refractivity contribution is -0.385. The molecule has 0 aromatic heterocycles. The lowest BCUT2D eigenvalue weighted by Gasteiger charge is -2.33. The van der Waals surface area contributed by atoms with Gasteiger partial charge in [0.25, 0.3) is 5.91 Å². The first-order chi connectivity index (χ1) is 16.2. The number of hydrogen-bond acceptors (Lipinski definition) is 7. The molecule has 1 spiro atoms. The molecule has 0 radical (unpaired) electrons. The number of urea groups is 1. The minimum atomic E-state index is -1.22. The number of anilines is 1. The topological polar surface area (TPSA) is 140 Å². The minimum Gasteiger partial charge on any atom is -0.497 e. The van der Waals surface area contributed by atoms with Crippen molar-refractivity contribution in [2.24, 2.45) is 0 Å². The Morgan fingerprint density at radius 3 is 2.68 bits per heavy atom. The first-order valence-electron chi connectivity index (χ1n) is 10.6. The number of amides is 4. The predicted octanol–water partition coefficient (Wildman–Crippen LogP) is 2.64. The highest BCUT2D eigenvalue weighted by molar-refractivity contribution is 6.10. The van der Waals surface area contributed by atoms with Crippen LogP contribution >= 0.6 is 0 Å². The van der Waals surface area contributed by atoms with Crippen molar-refractivity contribution in [1.29, 1.82) is 0 Å². The molecule has 1 aliphatic heterocycles. The summed E-state index contributed by atoms with van der Waals surface area (Å²) in [5, 5.41) is 16.6. The van der Waals surface area contributed by atoms with E-state index in [1.807, 2.05) is 6.07 Å². The molecule has 11 nitrogen and oxygen atoms in total. The average Bonchev–Trinajstić information content (AvgIpc) is 3.04. The fraction of sp³-hybridized carbons (Fsp3) is 0.348. The summed E-state index contributed by atoms with van der Waals surface area (Å²) in [5.74, 6) is -0.464. The van der Waals surface area contributed by atoms with Crippen molar-refractivity contribution in [3.8, 4) is 11.5 Å². The maximum absolute atomic E-state index is 13.4. The van der Waals surface area contributed by atoms with Crippen LogP contribution in [0.1, 0.15) is 29.5 Å². The summed E-state index contributed by atoms with van der Waals surface area (Å²) in [6, 6.07) is 7.35. The third kappa shape index (κ3) is 3.78. The SMILES string of the molecule is COc1ccc2c(c1)CCC[C@]21NC(=O)N(CC(=O)Nc2cc(OC)c([N+](=O)[O-])cc2C)C1=O. The van der Waals surface area contributed by atoms with Gasteiger partial charge >= 0.3 is 11.7 Å². The molecule has 1 aliphatic carbocycles. The summed E-state index contributed by atoms with van der Waals surface area (Å²) in [4.78, 5) is 50.4. The molecule has 0 unspecified atom stereocenters. The van der Waals surface area contributed by atoms with Crippen molar-refractivity contribution >= 4 is 29.2 Å². The second-order valence-electron chi connectivity index (χ2n) is 8.25. The molecule has 1 atom stereocenters. The van der Waals surface area contributed by atoms with Crippen molar-refractivity contribution in [2.45, 2.75) is 31.7 Å². The van der Waals surface area contributed by atoms with Gasteiger partial charge < -0.3 is 20.1 Å². The Morgan fingerprint density at radius 1 is 1.24 bits per heavy atom. The van der Waals surface area contributed by atoms with E-state index >= 15 is 0 Å². The summed E-state index contributed by atoms with van der Waals surface area (Å²) in [7, 11) is 2.85. The van der Waals surface area contributed by atoms with Crippen LogP contribution in [0, 0.1) is 17.0 Å². The van der Waals surface area contributed by atoms with E-state index in [-0.39, 0.29) is 17.1 Å². The van der Waals surface area contributed by atoms with Crippen molar-refractivity contribution in [3.05, 3.63) is 57.1 Å². The van der Waals surface area contributed by atoms with Crippen LogP contribution in [0.3, 0.4) is 0 Å². The van der Waals surface area contributed by atoms with Gasteiger partial charge in [-0.15, -0.1) is 0 Å². The summed E-state index contributed by atoms with van der Waals surface area (Å²) >= 11 is 0. The second kappa shape index (κ2) is 8.65. The van der Waals surface area contributed by atoms with Gasteiger partial charge in [0.2, 0.25) is 5.91 Å². The molecule has 0 saturated carbocycles. The Morgan fingerprint density at radius 2 is 2.00 bits per heavy atom. The largest absolute Gasteiger partial charge is 0.497 e. The quantitative estimate of drug-likeness (QED) is 0.377. The van der Waals surface area contributed by atoms with Crippen molar-refractivity contribution < 1.29 is 28.8 Å². The molecule has 2 aromatic carbocycles. The first kappa shape index (κ1) is 23.0. The van der Waals surface area contributed by atoms with Gasteiger partial charge in [0.1, 0.15) is 17.8 Å². The van der Waals surface area contributed by atoms with Crippen LogP contribution in [0.2, 0.25) is 0 Å². The van der Waals surface area contributed by atoms with E-state index in [1.165, 1.54) is 19.2 Å². The Bertz CT molecular complexity index is 1210. The van der Waals surface area contributed by atoms with Gasteiger partial charge in [-0.2, -0.15) is 0 Å². The van der Waals surface area contributed by atoms with Gasteiger partial charge in [-0.25, -0.2) is 4.79 Å². The fourth-order valence-electron chi connectivity index (χ4n) is 4.57. The minimum absolute atomic E-state index is 0.0194. The normalized spacial score (nSPS) is 19.0. The van der Waals surface area contributed by atoms with E-state index in [9.17, 15) is 24.5 Å². The van der Waals surface area contributed by atoms with Crippen LogP contribution in [-0.4, -0.2) is 48.4 Å². The number of carbonyl (C=O) groups is 3. The number of fused-ring (bicyclic) bond motifs is 2. The Kier molecular flexibility index (Phi) is 5.86. The monoisotopic (exact) mass is 468 g/mol. The lowest BCUT2D eigenvalue weighted by atomic mass is 9.76.